The maximum absolute atomic E-state index is 13.6. The van der Waals surface area contributed by atoms with Crippen molar-refractivity contribution in [1.82, 2.24) is 20.2 Å². The molecule has 0 saturated carbocycles. The number of aromatic nitrogens is 2. The van der Waals surface area contributed by atoms with E-state index in [2.05, 4.69) is 20.2 Å². The highest BCUT2D eigenvalue weighted by molar-refractivity contribution is 5.90. The Kier molecular flexibility index (Phi) is 6.09. The summed E-state index contributed by atoms with van der Waals surface area (Å²) in [4.78, 5) is 24.8. The Morgan fingerprint density at radius 3 is 2.79 bits per heavy atom. The van der Waals surface area contributed by atoms with E-state index < -0.39 is 5.82 Å². The minimum Gasteiger partial charge on any atom is -0.355 e. The van der Waals surface area contributed by atoms with Gasteiger partial charge in [-0.2, -0.15) is 5.26 Å². The molecule has 7 nitrogen and oxygen atoms in total. The van der Waals surface area contributed by atoms with Gasteiger partial charge in [0.2, 0.25) is 5.82 Å². The molecule has 1 aliphatic heterocycles. The minimum absolute atomic E-state index is 0.200. The number of anilines is 1. The Hall–Kier alpha value is -3.05. The molecule has 1 saturated heterocycles. The zero-order valence-electron chi connectivity index (χ0n) is 17.2. The number of nitrogens with zero attached hydrogens (tertiary/aromatic N) is 5. The van der Waals surface area contributed by atoms with Crippen LogP contribution < -0.4 is 10.2 Å². The molecule has 8 heteroatoms. The fourth-order valence-electron chi connectivity index (χ4n) is 3.42. The van der Waals surface area contributed by atoms with Gasteiger partial charge in [-0.3, -0.25) is 4.79 Å². The lowest BCUT2D eigenvalue weighted by Gasteiger charge is -2.22. The Morgan fingerprint density at radius 1 is 1.34 bits per heavy atom. The first-order chi connectivity index (χ1) is 13.8. The van der Waals surface area contributed by atoms with Gasteiger partial charge in [0.1, 0.15) is 11.6 Å². The van der Waals surface area contributed by atoms with Crippen molar-refractivity contribution in [2.45, 2.75) is 32.9 Å². The summed E-state index contributed by atoms with van der Waals surface area (Å²) in [6.07, 6.45) is 0.903. The minimum atomic E-state index is -0.404. The molecule has 1 aliphatic rings. The quantitative estimate of drug-likeness (QED) is 0.834. The number of nitrogens with one attached hydrogen (secondary N) is 1. The van der Waals surface area contributed by atoms with Crippen LogP contribution >= 0.6 is 0 Å². The van der Waals surface area contributed by atoms with E-state index in [1.807, 2.05) is 19.9 Å². The molecular weight excluding hydrogens is 371 g/mol. The third-order valence-electron chi connectivity index (χ3n) is 5.13. The maximum atomic E-state index is 13.6. The summed E-state index contributed by atoms with van der Waals surface area (Å²) in [6.45, 7) is 5.86. The van der Waals surface area contributed by atoms with E-state index in [4.69, 9.17) is 5.26 Å². The van der Waals surface area contributed by atoms with E-state index in [-0.39, 0.29) is 17.8 Å². The van der Waals surface area contributed by atoms with E-state index in [0.29, 0.717) is 12.1 Å². The molecule has 29 heavy (non-hydrogen) atoms. The van der Waals surface area contributed by atoms with E-state index in [1.165, 1.54) is 17.0 Å². The van der Waals surface area contributed by atoms with E-state index in [1.54, 1.807) is 20.2 Å². The maximum Gasteiger partial charge on any atom is 0.291 e. The largest absolute Gasteiger partial charge is 0.355 e. The highest BCUT2D eigenvalue weighted by atomic mass is 19.1. The summed E-state index contributed by atoms with van der Waals surface area (Å²) in [5, 5.41) is 12.4. The number of nitriles is 1. The van der Waals surface area contributed by atoms with E-state index in [0.717, 1.165) is 42.1 Å². The van der Waals surface area contributed by atoms with Gasteiger partial charge in [-0.25, -0.2) is 14.4 Å². The first kappa shape index (κ1) is 20.7. The topological polar surface area (TPSA) is 85.2 Å². The zero-order valence-corrected chi connectivity index (χ0v) is 17.2. The molecule has 1 aromatic heterocycles. The predicted octanol–water partition coefficient (Wildman–Crippen LogP) is 2.17. The van der Waals surface area contributed by atoms with Gasteiger partial charge in [0, 0.05) is 51.0 Å². The SMILES string of the molecule is Cc1nc(C(=O)N(C)C)nc(N2CC[C@@H](NCc3cc(F)cc(C#N)c3)C2)c1C. The summed E-state index contributed by atoms with van der Waals surface area (Å²) in [5.74, 6) is 0.361. The molecule has 0 bridgehead atoms. The van der Waals surface area contributed by atoms with Gasteiger partial charge < -0.3 is 15.1 Å². The molecule has 1 atom stereocenters. The van der Waals surface area contributed by atoms with Gasteiger partial charge in [-0.15, -0.1) is 0 Å². The fourth-order valence-corrected chi connectivity index (χ4v) is 3.42. The Bertz CT molecular complexity index is 968. The average Bonchev–Trinajstić information content (AvgIpc) is 3.16. The van der Waals surface area contributed by atoms with Crippen LogP contribution in [0, 0.1) is 31.0 Å². The molecule has 2 heterocycles. The third kappa shape index (κ3) is 4.69. The Balaban J connectivity index is 1.70. The number of benzene rings is 1. The molecule has 1 amide bonds. The summed E-state index contributed by atoms with van der Waals surface area (Å²) in [7, 11) is 3.36. The second-order valence-corrected chi connectivity index (χ2v) is 7.55. The summed E-state index contributed by atoms with van der Waals surface area (Å²) >= 11 is 0. The number of hydrogen-bond donors (Lipinski definition) is 1. The van der Waals surface area contributed by atoms with E-state index >= 15 is 0 Å². The van der Waals surface area contributed by atoms with Crippen LogP contribution in [0.4, 0.5) is 10.2 Å². The van der Waals surface area contributed by atoms with Gasteiger partial charge in [0.15, 0.2) is 0 Å². The average molecular weight is 396 g/mol. The number of hydrogen-bond acceptors (Lipinski definition) is 6. The summed E-state index contributed by atoms with van der Waals surface area (Å²) in [6, 6.07) is 6.54. The Morgan fingerprint density at radius 2 is 2.10 bits per heavy atom. The van der Waals surface area contributed by atoms with Gasteiger partial charge in [0.05, 0.1) is 11.6 Å². The smallest absolute Gasteiger partial charge is 0.291 e. The van der Waals surface area contributed by atoms with Crippen LogP contribution in [0.2, 0.25) is 0 Å². The number of halogens is 1. The second-order valence-electron chi connectivity index (χ2n) is 7.55. The molecule has 0 radical (unpaired) electrons. The van der Waals surface area contributed by atoms with Crippen molar-refractivity contribution < 1.29 is 9.18 Å². The molecule has 3 rings (SSSR count). The van der Waals surface area contributed by atoms with Crippen molar-refractivity contribution >= 4 is 11.7 Å². The molecule has 0 unspecified atom stereocenters. The molecule has 0 aliphatic carbocycles. The van der Waals surface area contributed by atoms with Crippen molar-refractivity contribution in [3.05, 3.63) is 52.2 Å². The number of rotatable bonds is 5. The van der Waals surface area contributed by atoms with Crippen molar-refractivity contribution in [2.24, 2.45) is 0 Å². The van der Waals surface area contributed by atoms with Gasteiger partial charge in [-0.05, 0) is 44.0 Å². The highest BCUT2D eigenvalue weighted by Gasteiger charge is 2.26. The van der Waals surface area contributed by atoms with Gasteiger partial charge >= 0.3 is 0 Å². The normalized spacial score (nSPS) is 16.0. The van der Waals surface area contributed by atoms with Crippen molar-refractivity contribution in [3.8, 4) is 6.07 Å². The van der Waals surface area contributed by atoms with Gasteiger partial charge in [0.25, 0.3) is 5.91 Å². The lowest BCUT2D eigenvalue weighted by molar-refractivity contribution is 0.0815. The molecule has 1 N–H and O–H groups in total. The third-order valence-corrected chi connectivity index (χ3v) is 5.13. The van der Waals surface area contributed by atoms with Crippen LogP contribution in [0.25, 0.3) is 0 Å². The lowest BCUT2D eigenvalue weighted by atomic mass is 10.1. The number of carbonyl (C=O) groups excluding carboxylic acids is 1. The van der Waals surface area contributed by atoms with Crippen LogP contribution in [0.15, 0.2) is 18.2 Å². The predicted molar refractivity (Wildman–Crippen MR) is 108 cm³/mol. The highest BCUT2D eigenvalue weighted by Crippen LogP contribution is 2.24. The van der Waals surface area contributed by atoms with Gasteiger partial charge in [-0.1, -0.05) is 0 Å². The molecular formula is C21H25FN6O. The number of aryl methyl sites for hydroxylation is 1. The summed E-state index contributed by atoms with van der Waals surface area (Å²) < 4.78 is 13.6. The molecule has 2 aromatic rings. The second kappa shape index (κ2) is 8.53. The summed E-state index contributed by atoms with van der Waals surface area (Å²) in [5.41, 5.74) is 2.82. The molecule has 1 fully saturated rings. The van der Waals surface area contributed by atoms with Crippen LogP contribution in [0.5, 0.6) is 0 Å². The monoisotopic (exact) mass is 396 g/mol. The van der Waals surface area contributed by atoms with Crippen LogP contribution in [-0.2, 0) is 6.54 Å². The number of amides is 1. The molecule has 152 valence electrons. The zero-order chi connectivity index (χ0) is 21.1. The standard InChI is InChI=1S/C21H25FN6O/c1-13-14(2)25-19(21(29)27(3)4)26-20(13)28-6-5-18(12-28)24-11-16-7-15(10-23)8-17(22)9-16/h7-9,18,24H,5-6,11-12H2,1-4H3/t18-/m1/s1. The van der Waals surface area contributed by atoms with E-state index in [9.17, 15) is 9.18 Å². The first-order valence-corrected chi connectivity index (χ1v) is 9.53. The molecule has 0 spiro atoms. The van der Waals surface area contributed by atoms with Crippen molar-refractivity contribution in [2.75, 3.05) is 32.1 Å². The van der Waals surface area contributed by atoms with Crippen LogP contribution in [0.3, 0.4) is 0 Å². The molecule has 1 aromatic carbocycles. The lowest BCUT2D eigenvalue weighted by Crippen LogP contribution is -2.33. The van der Waals surface area contributed by atoms with Crippen LogP contribution in [-0.4, -0.2) is 54.0 Å². The van der Waals surface area contributed by atoms with Crippen molar-refractivity contribution in [1.29, 1.82) is 5.26 Å². The number of carbonyl (C=O) groups is 1. The fraction of sp³-hybridized carbons (Fsp3) is 0.429. The Labute approximate surface area is 170 Å². The van der Waals surface area contributed by atoms with Crippen molar-refractivity contribution in [3.63, 3.8) is 0 Å². The first-order valence-electron chi connectivity index (χ1n) is 9.53. The van der Waals surface area contributed by atoms with Crippen LogP contribution in [0.1, 0.15) is 39.4 Å².